The predicted octanol–water partition coefficient (Wildman–Crippen LogP) is 3.57. The number of aromatic nitrogens is 1. The first-order valence-electron chi connectivity index (χ1n) is 12.1. The fourth-order valence-corrected chi connectivity index (χ4v) is 5.52. The zero-order valence-corrected chi connectivity index (χ0v) is 22.0. The van der Waals surface area contributed by atoms with Gasteiger partial charge in [-0.15, -0.1) is 0 Å². The number of carbonyl (C=O) groups is 1. The Morgan fingerprint density at radius 3 is 2.47 bits per heavy atom. The highest BCUT2D eigenvalue weighted by Crippen LogP contribution is 2.31. The van der Waals surface area contributed by atoms with Crippen LogP contribution in [-0.2, 0) is 10.0 Å². The van der Waals surface area contributed by atoms with Gasteiger partial charge in [-0.1, -0.05) is 25.1 Å². The highest BCUT2D eigenvalue weighted by Gasteiger charge is 2.36. The Morgan fingerprint density at radius 1 is 1.13 bits per heavy atom. The van der Waals surface area contributed by atoms with Gasteiger partial charge in [0.25, 0.3) is 5.91 Å². The molecule has 0 unspecified atom stereocenters. The van der Waals surface area contributed by atoms with E-state index in [4.69, 9.17) is 4.74 Å². The number of hydrogen-bond donors (Lipinski definition) is 1. The molecular formula is C27H29F2N3O5S. The van der Waals surface area contributed by atoms with Crippen molar-refractivity contribution in [1.82, 2.24) is 14.2 Å². The van der Waals surface area contributed by atoms with Crippen LogP contribution in [-0.4, -0.2) is 72.5 Å². The predicted molar refractivity (Wildman–Crippen MR) is 137 cm³/mol. The number of carbonyl (C=O) groups excluding carboxylic acids is 1. The van der Waals surface area contributed by atoms with Gasteiger partial charge in [-0.05, 0) is 48.9 Å². The van der Waals surface area contributed by atoms with E-state index >= 15 is 0 Å². The molecule has 0 aliphatic carbocycles. The second-order valence-corrected chi connectivity index (χ2v) is 11.5. The SMILES string of the molecule is C[C@@H]1CN([C@@H](C)CO)C(=O)c2cc(-c3cccc(F)c3)cnc2O[C@H]1CN(C)S(=O)(=O)c1cccc(F)c1. The third-order valence-electron chi connectivity index (χ3n) is 6.62. The summed E-state index contributed by atoms with van der Waals surface area (Å²) in [5.74, 6) is -1.90. The number of halogens is 2. The molecule has 1 aliphatic rings. The van der Waals surface area contributed by atoms with E-state index < -0.39 is 39.7 Å². The van der Waals surface area contributed by atoms with Gasteiger partial charge < -0.3 is 14.7 Å². The molecule has 3 atom stereocenters. The molecule has 38 heavy (non-hydrogen) atoms. The van der Waals surface area contributed by atoms with E-state index in [1.807, 2.05) is 6.92 Å². The van der Waals surface area contributed by atoms with Gasteiger partial charge in [0.1, 0.15) is 23.3 Å². The van der Waals surface area contributed by atoms with Crippen molar-refractivity contribution in [3.8, 4) is 17.0 Å². The van der Waals surface area contributed by atoms with Crippen LogP contribution in [0, 0.1) is 17.6 Å². The summed E-state index contributed by atoms with van der Waals surface area (Å²) < 4.78 is 61.0. The maximum atomic E-state index is 13.8. The smallest absolute Gasteiger partial charge is 0.259 e. The molecule has 0 saturated heterocycles. The Morgan fingerprint density at radius 2 is 1.82 bits per heavy atom. The van der Waals surface area contributed by atoms with Crippen molar-refractivity contribution in [2.45, 2.75) is 30.9 Å². The lowest BCUT2D eigenvalue weighted by molar-refractivity contribution is 0.0373. The normalized spacial score (nSPS) is 18.9. The number of pyridine rings is 1. The lowest BCUT2D eigenvalue weighted by Crippen LogP contribution is -2.50. The number of benzene rings is 2. The van der Waals surface area contributed by atoms with Crippen LogP contribution in [0.5, 0.6) is 5.88 Å². The summed E-state index contributed by atoms with van der Waals surface area (Å²) in [4.78, 5) is 19.2. The topological polar surface area (TPSA) is 100 Å². The molecule has 0 bridgehead atoms. The summed E-state index contributed by atoms with van der Waals surface area (Å²) in [6.07, 6.45) is 0.716. The molecule has 1 amide bonds. The minimum atomic E-state index is -4.04. The monoisotopic (exact) mass is 545 g/mol. The minimum absolute atomic E-state index is 0.00148. The molecule has 0 fully saturated rings. The van der Waals surface area contributed by atoms with Crippen LogP contribution in [0.25, 0.3) is 11.1 Å². The number of nitrogens with zero attached hydrogens (tertiary/aromatic N) is 3. The van der Waals surface area contributed by atoms with E-state index in [-0.39, 0.29) is 42.0 Å². The first kappa shape index (κ1) is 27.6. The second kappa shape index (κ2) is 11.1. The van der Waals surface area contributed by atoms with Crippen molar-refractivity contribution in [3.05, 3.63) is 78.0 Å². The zero-order valence-electron chi connectivity index (χ0n) is 21.2. The van der Waals surface area contributed by atoms with Crippen molar-refractivity contribution in [2.75, 3.05) is 26.7 Å². The van der Waals surface area contributed by atoms with Crippen LogP contribution in [0.3, 0.4) is 0 Å². The van der Waals surface area contributed by atoms with E-state index in [1.54, 1.807) is 25.1 Å². The molecule has 202 valence electrons. The number of rotatable bonds is 7. The number of aliphatic hydroxyl groups excluding tert-OH is 1. The van der Waals surface area contributed by atoms with Crippen LogP contribution in [0.2, 0.25) is 0 Å². The average Bonchev–Trinajstić information content (AvgIpc) is 2.89. The Bertz CT molecular complexity index is 1440. The summed E-state index contributed by atoms with van der Waals surface area (Å²) in [5, 5.41) is 9.83. The molecule has 0 saturated carbocycles. The van der Waals surface area contributed by atoms with E-state index in [0.717, 1.165) is 16.4 Å². The molecule has 8 nitrogen and oxygen atoms in total. The van der Waals surface area contributed by atoms with E-state index in [9.17, 15) is 27.1 Å². The fourth-order valence-electron chi connectivity index (χ4n) is 4.31. The number of sulfonamides is 1. The third-order valence-corrected chi connectivity index (χ3v) is 8.44. The lowest BCUT2D eigenvalue weighted by atomic mass is 9.99. The molecule has 0 radical (unpaired) electrons. The summed E-state index contributed by atoms with van der Waals surface area (Å²) in [6.45, 7) is 3.28. The second-order valence-electron chi connectivity index (χ2n) is 9.45. The van der Waals surface area contributed by atoms with Gasteiger partial charge >= 0.3 is 0 Å². The average molecular weight is 546 g/mol. The van der Waals surface area contributed by atoms with Crippen molar-refractivity contribution >= 4 is 15.9 Å². The van der Waals surface area contributed by atoms with Gasteiger partial charge in [-0.2, -0.15) is 4.31 Å². The van der Waals surface area contributed by atoms with Gasteiger partial charge in [-0.25, -0.2) is 22.2 Å². The number of fused-ring (bicyclic) bond motifs is 1. The molecule has 4 rings (SSSR count). The standard InChI is InChI=1S/C27H29F2N3O5S/c1-17-14-32(18(2)16-33)27(34)24-11-20(19-6-4-7-21(28)10-19)13-30-26(24)37-25(17)15-31(3)38(35,36)23-9-5-8-22(29)12-23/h4-13,17-18,25,33H,14-16H2,1-3H3/t17-,18+,25+/m1/s1. The van der Waals surface area contributed by atoms with Gasteiger partial charge in [-0.3, -0.25) is 4.79 Å². The largest absolute Gasteiger partial charge is 0.472 e. The van der Waals surface area contributed by atoms with Crippen LogP contribution >= 0.6 is 0 Å². The van der Waals surface area contributed by atoms with Gasteiger partial charge in [0.15, 0.2) is 0 Å². The molecule has 1 N–H and O–H groups in total. The third kappa shape index (κ3) is 5.69. The van der Waals surface area contributed by atoms with Crippen LogP contribution in [0.4, 0.5) is 8.78 Å². The fraction of sp³-hybridized carbons (Fsp3) is 0.333. The van der Waals surface area contributed by atoms with Crippen molar-refractivity contribution in [3.63, 3.8) is 0 Å². The number of hydrogen-bond acceptors (Lipinski definition) is 6. The van der Waals surface area contributed by atoms with Crippen LogP contribution in [0.15, 0.2) is 65.7 Å². The van der Waals surface area contributed by atoms with E-state index in [1.165, 1.54) is 42.4 Å². The van der Waals surface area contributed by atoms with E-state index in [2.05, 4.69) is 4.98 Å². The van der Waals surface area contributed by atoms with Gasteiger partial charge in [0.2, 0.25) is 15.9 Å². The van der Waals surface area contributed by atoms with Gasteiger partial charge in [0.05, 0.1) is 24.1 Å². The maximum Gasteiger partial charge on any atom is 0.259 e. The van der Waals surface area contributed by atoms with Crippen molar-refractivity contribution in [1.29, 1.82) is 0 Å². The minimum Gasteiger partial charge on any atom is -0.472 e. The molecule has 2 aromatic carbocycles. The molecule has 2 heterocycles. The zero-order chi connectivity index (χ0) is 27.6. The first-order valence-corrected chi connectivity index (χ1v) is 13.5. The summed E-state index contributed by atoms with van der Waals surface area (Å²) in [5.41, 5.74) is 1.12. The molecule has 11 heteroatoms. The Hall–Kier alpha value is -3.41. The first-order chi connectivity index (χ1) is 18.0. The number of aliphatic hydroxyl groups is 1. The lowest BCUT2D eigenvalue weighted by Gasteiger charge is -2.37. The Labute approximate surface area is 220 Å². The molecule has 1 aromatic heterocycles. The summed E-state index contributed by atoms with van der Waals surface area (Å²) >= 11 is 0. The quantitative estimate of drug-likeness (QED) is 0.487. The molecular weight excluding hydrogens is 516 g/mol. The number of likely N-dealkylation sites (N-methyl/N-ethyl adjacent to an activating group) is 1. The summed E-state index contributed by atoms with van der Waals surface area (Å²) in [7, 11) is -2.67. The highest BCUT2D eigenvalue weighted by molar-refractivity contribution is 7.89. The van der Waals surface area contributed by atoms with Crippen molar-refractivity contribution in [2.24, 2.45) is 5.92 Å². The molecule has 3 aromatic rings. The Balaban J connectivity index is 1.72. The number of amides is 1. The number of ether oxygens (including phenoxy) is 1. The van der Waals surface area contributed by atoms with Gasteiger partial charge in [0, 0.05) is 31.3 Å². The Kier molecular flexibility index (Phi) is 8.10. The van der Waals surface area contributed by atoms with Crippen LogP contribution < -0.4 is 4.74 Å². The summed E-state index contributed by atoms with van der Waals surface area (Å²) in [6, 6.07) is 11.6. The molecule has 0 spiro atoms. The van der Waals surface area contributed by atoms with Crippen LogP contribution in [0.1, 0.15) is 24.2 Å². The van der Waals surface area contributed by atoms with Crippen molar-refractivity contribution < 1.29 is 31.8 Å². The van der Waals surface area contributed by atoms with E-state index in [0.29, 0.717) is 11.1 Å². The molecule has 1 aliphatic heterocycles. The highest BCUT2D eigenvalue weighted by atomic mass is 32.2. The maximum absolute atomic E-state index is 13.8.